The van der Waals surface area contributed by atoms with Crippen LogP contribution < -0.4 is 21.3 Å². The van der Waals surface area contributed by atoms with E-state index in [4.69, 9.17) is 56.8 Å². The summed E-state index contributed by atoms with van der Waals surface area (Å²) in [5.41, 5.74) is 0. The molecule has 89 heavy (non-hydrogen) atoms. The number of rotatable bonds is 26. The van der Waals surface area contributed by atoms with Gasteiger partial charge in [-0.25, -0.2) is 0 Å². The van der Waals surface area contributed by atoms with Crippen molar-refractivity contribution in [2.45, 2.75) is 243 Å². The van der Waals surface area contributed by atoms with E-state index in [1.807, 2.05) is 0 Å². The molecule has 0 radical (unpaired) electrons. The minimum absolute atomic E-state index is 0.763. The third-order valence-corrected chi connectivity index (χ3v) is 15.7. The molecule has 6 heterocycles. The van der Waals surface area contributed by atoms with Crippen LogP contribution in [0.25, 0.3) is 0 Å². The van der Waals surface area contributed by atoms with Gasteiger partial charge in [0.15, 0.2) is 37.7 Å². The lowest BCUT2D eigenvalue weighted by atomic mass is 9.94. The number of ether oxygens (including phenoxy) is 12. The smallest absolute Gasteiger partial charge is 0.217 e. The van der Waals surface area contributed by atoms with Gasteiger partial charge in [-0.05, 0) is 6.92 Å². The molecule has 34 atom stereocenters. The highest BCUT2D eigenvalue weighted by atomic mass is 16.8. The minimum atomic E-state index is -2.47. The molecule has 0 aromatic rings. The molecule has 0 bridgehead atoms. The van der Waals surface area contributed by atoms with Crippen molar-refractivity contribution in [1.82, 2.24) is 21.3 Å². The van der Waals surface area contributed by atoms with Crippen LogP contribution in [0.5, 0.6) is 0 Å². The molecule has 0 saturated carbocycles. The maximum absolute atomic E-state index is 12.8. The molecule has 6 saturated heterocycles. The number of aliphatic hydroxyl groups excluding tert-OH is 19. The summed E-state index contributed by atoms with van der Waals surface area (Å²) in [7, 11) is 0. The van der Waals surface area contributed by atoms with Crippen molar-refractivity contribution < 1.29 is 173 Å². The van der Waals surface area contributed by atoms with Crippen LogP contribution in [0.1, 0.15) is 34.6 Å². The molecule has 0 aromatic carbocycles. The molecule has 6 rings (SSSR count). The van der Waals surface area contributed by atoms with E-state index in [1.165, 1.54) is 6.92 Å². The largest absolute Gasteiger partial charge is 0.394 e. The Kier molecular flexibility index (Phi) is 27.8. The second-order valence-electron chi connectivity index (χ2n) is 22.3. The first kappa shape index (κ1) is 74.7. The zero-order chi connectivity index (χ0) is 66.2. The Morgan fingerprint density at radius 2 is 0.820 bits per heavy atom. The first-order valence-electron chi connectivity index (χ1n) is 28.4. The Morgan fingerprint density at radius 1 is 0.416 bits per heavy atom. The molecule has 4 amide bonds. The van der Waals surface area contributed by atoms with Crippen LogP contribution in [-0.2, 0) is 76.0 Å². The van der Waals surface area contributed by atoms with Gasteiger partial charge in [-0.3, -0.25) is 19.2 Å². The van der Waals surface area contributed by atoms with Gasteiger partial charge >= 0.3 is 0 Å². The molecule has 6 fully saturated rings. The molecule has 39 nitrogen and oxygen atoms in total. The highest BCUT2D eigenvalue weighted by Crippen LogP contribution is 2.36. The van der Waals surface area contributed by atoms with Crippen molar-refractivity contribution in [2.24, 2.45) is 0 Å². The van der Waals surface area contributed by atoms with Crippen molar-refractivity contribution in [3.8, 4) is 0 Å². The summed E-state index contributed by atoms with van der Waals surface area (Å²) >= 11 is 0. The molecule has 23 N–H and O–H groups in total. The SMILES string of the molecule is CC(=O)N[C@H]1[C@H](O[C@H]2[C@@H](O)[C@@H](CO)O[C@@H](O[C@H]3[C@@H](O)[C@@H](CO[C@@H]4O[C@H](CO)[C@@H](O)[C@H](O[C@@H]5O[C@@H](C)[C@@H](O)[C@@H](O)[C@@H]5O)[C@H]4NC(C)=O)O[C@@H](O[C@@H]([C@@H](O)[C@H](O)CO[C@@H]4O[C@H](CO)[C@@H](O)[C@H](O)[C@H]4NC(C)=O)[C@H](CO)NC(C)=O)[C@@H]3O)[C@@H]2O)O[C@H](CO)[C@H](O)[C@@H]1O. The number of aliphatic hydroxyl groups is 19. The Morgan fingerprint density at radius 3 is 1.33 bits per heavy atom. The number of carbonyl (C=O) groups is 4. The molecule has 0 spiro atoms. The number of hydrogen-bond acceptors (Lipinski definition) is 35. The fraction of sp³-hybridized carbons (Fsp3) is 0.920. The molecule has 0 aromatic heterocycles. The van der Waals surface area contributed by atoms with E-state index in [-0.39, 0.29) is 0 Å². The van der Waals surface area contributed by atoms with Crippen LogP contribution in [0.2, 0.25) is 0 Å². The fourth-order valence-electron chi connectivity index (χ4n) is 11.0. The summed E-state index contributed by atoms with van der Waals surface area (Å²) in [6.45, 7) is -1.84. The highest BCUT2D eigenvalue weighted by molar-refractivity contribution is 5.74. The van der Waals surface area contributed by atoms with E-state index in [9.17, 15) is 116 Å². The number of hydrogen-bond donors (Lipinski definition) is 23. The van der Waals surface area contributed by atoms with E-state index in [0.29, 0.717) is 0 Å². The first-order chi connectivity index (χ1) is 41.9. The van der Waals surface area contributed by atoms with Crippen LogP contribution in [0.15, 0.2) is 0 Å². The maximum atomic E-state index is 12.8. The lowest BCUT2D eigenvalue weighted by molar-refractivity contribution is -0.382. The summed E-state index contributed by atoms with van der Waals surface area (Å²) in [4.78, 5) is 49.7. The molecule has 39 heteroatoms. The molecule has 516 valence electrons. The third kappa shape index (κ3) is 17.7. The van der Waals surface area contributed by atoms with Crippen molar-refractivity contribution in [2.75, 3.05) is 46.2 Å². The molecular weight excluding hydrogens is 1220 g/mol. The van der Waals surface area contributed by atoms with Crippen LogP contribution in [-0.4, -0.2) is 375 Å². The predicted molar refractivity (Wildman–Crippen MR) is 279 cm³/mol. The normalized spacial score (nSPS) is 44.3. The van der Waals surface area contributed by atoms with Gasteiger partial charge in [0.1, 0.15) is 159 Å². The monoisotopic (exact) mass is 1300 g/mol. The van der Waals surface area contributed by atoms with E-state index in [0.717, 1.165) is 27.7 Å². The molecule has 6 aliphatic heterocycles. The van der Waals surface area contributed by atoms with Gasteiger partial charge in [0.05, 0.1) is 58.4 Å². The van der Waals surface area contributed by atoms with Crippen molar-refractivity contribution in [3.63, 3.8) is 0 Å². The van der Waals surface area contributed by atoms with Crippen molar-refractivity contribution in [3.05, 3.63) is 0 Å². The third-order valence-electron chi connectivity index (χ3n) is 15.7. The molecule has 0 unspecified atom stereocenters. The fourth-order valence-corrected chi connectivity index (χ4v) is 11.0. The summed E-state index contributed by atoms with van der Waals surface area (Å²) in [6, 6.07) is -6.76. The van der Waals surface area contributed by atoms with E-state index < -0.39 is 278 Å². The topological polar surface area (TPSA) is 612 Å². The van der Waals surface area contributed by atoms with E-state index in [2.05, 4.69) is 21.3 Å². The predicted octanol–water partition coefficient (Wildman–Crippen LogP) is -15.0. The summed E-state index contributed by atoms with van der Waals surface area (Å²) in [6.07, 6.45) is -58.9. The van der Waals surface area contributed by atoms with Gasteiger partial charge in [-0.1, -0.05) is 0 Å². The standard InChI is InChI=1S/C50H86N4O35/c1-13-28(65)37(74)38(75)48(80-13)87-42-27(54-17(5)63)46(82-22(9-58)32(42)69)79-12-24-34(71)44(89-49-39(76)43(33(70)23(10-59)84-49)88-47-26(53-16(4)62)36(73)31(68)21(8-57)83-47)40(77)50(85-24)86-41(18(6-55)51-14(2)60)29(66)19(64)11-78-45-25(52-15(3)61)35(72)30(67)20(7-56)81-45/h13,18-50,55-59,64-77H,6-12H2,1-5H3,(H,51,60)(H,52,61)(H,53,62)(H,54,63)/t13-,18-,19+,20+,21+,22+,23+,24+,25+,26+,27+,28+,29-,30+,31-,32+,33-,34-,35+,36+,37+,38-,39+,40+,41+,42+,43-,44-,45+,46+,47-,48-,49-,50-/m0/s1. The minimum Gasteiger partial charge on any atom is -0.394 e. The van der Waals surface area contributed by atoms with Crippen LogP contribution in [0.3, 0.4) is 0 Å². The van der Waals surface area contributed by atoms with Crippen LogP contribution in [0.4, 0.5) is 0 Å². The van der Waals surface area contributed by atoms with Gasteiger partial charge < -0.3 is 175 Å². The molecule has 0 aliphatic carbocycles. The Hall–Kier alpha value is -3.36. The van der Waals surface area contributed by atoms with Gasteiger partial charge in [0.2, 0.25) is 23.6 Å². The van der Waals surface area contributed by atoms with Gasteiger partial charge in [0.25, 0.3) is 0 Å². The van der Waals surface area contributed by atoms with Crippen LogP contribution in [0, 0.1) is 0 Å². The highest BCUT2D eigenvalue weighted by Gasteiger charge is 2.57. The van der Waals surface area contributed by atoms with Crippen molar-refractivity contribution >= 4 is 23.6 Å². The van der Waals surface area contributed by atoms with Gasteiger partial charge in [-0.15, -0.1) is 0 Å². The Bertz CT molecular complexity index is 2240. The molecular formula is C50H86N4O35. The van der Waals surface area contributed by atoms with Gasteiger partial charge in [0, 0.05) is 27.7 Å². The second-order valence-corrected chi connectivity index (χ2v) is 22.3. The quantitative estimate of drug-likeness (QED) is 0.0382. The summed E-state index contributed by atoms with van der Waals surface area (Å²) < 4.78 is 69.8. The second kappa shape index (κ2) is 33.2. The summed E-state index contributed by atoms with van der Waals surface area (Å²) in [5, 5.41) is 218. The number of amides is 4. The summed E-state index contributed by atoms with van der Waals surface area (Å²) in [5.74, 6) is -3.31. The average Bonchev–Trinajstić information content (AvgIpc) is 1.03. The Balaban J connectivity index is 1.36. The zero-order valence-corrected chi connectivity index (χ0v) is 48.6. The lowest BCUT2D eigenvalue weighted by Gasteiger charge is -2.49. The maximum Gasteiger partial charge on any atom is 0.217 e. The van der Waals surface area contributed by atoms with Crippen LogP contribution >= 0.6 is 0 Å². The zero-order valence-electron chi connectivity index (χ0n) is 48.6. The average molecular weight is 1300 g/mol. The van der Waals surface area contributed by atoms with E-state index in [1.54, 1.807) is 0 Å². The lowest BCUT2D eigenvalue weighted by Crippen LogP contribution is -2.69. The first-order valence-corrected chi connectivity index (χ1v) is 28.4. The molecule has 6 aliphatic rings. The Labute approximate surface area is 506 Å². The van der Waals surface area contributed by atoms with E-state index >= 15 is 0 Å². The number of nitrogens with one attached hydrogen (secondary N) is 4. The number of carbonyl (C=O) groups excluding carboxylic acids is 4. The van der Waals surface area contributed by atoms with Crippen molar-refractivity contribution in [1.29, 1.82) is 0 Å². The van der Waals surface area contributed by atoms with Gasteiger partial charge in [-0.2, -0.15) is 0 Å².